The highest BCUT2D eigenvalue weighted by Gasteiger charge is 2.15. The number of aromatic nitrogens is 1. The summed E-state index contributed by atoms with van der Waals surface area (Å²) in [5.41, 5.74) is 4.51. The smallest absolute Gasteiger partial charge is 0.338 e. The van der Waals surface area contributed by atoms with Crippen LogP contribution in [0.4, 0.5) is 5.69 Å². The lowest BCUT2D eigenvalue weighted by Gasteiger charge is -2.14. The molecule has 6 heteroatoms. The third-order valence-corrected chi connectivity index (χ3v) is 5.38. The van der Waals surface area contributed by atoms with E-state index in [0.717, 1.165) is 23.2 Å². The summed E-state index contributed by atoms with van der Waals surface area (Å²) < 4.78 is 11.1. The minimum Gasteiger partial charge on any atom is -0.483 e. The highest BCUT2D eigenvalue weighted by molar-refractivity contribution is 5.98. The summed E-state index contributed by atoms with van der Waals surface area (Å²) in [7, 11) is 0. The van der Waals surface area contributed by atoms with Gasteiger partial charge < -0.3 is 14.8 Å². The van der Waals surface area contributed by atoms with Gasteiger partial charge in [0, 0.05) is 22.7 Å². The first-order valence-electron chi connectivity index (χ1n) is 11.3. The normalized spacial score (nSPS) is 10.6. The van der Waals surface area contributed by atoms with Crippen molar-refractivity contribution in [2.24, 2.45) is 0 Å². The van der Waals surface area contributed by atoms with Gasteiger partial charge in [-0.05, 0) is 43.2 Å². The van der Waals surface area contributed by atoms with E-state index < -0.39 is 5.97 Å². The number of amides is 1. The molecule has 0 saturated heterocycles. The third-order valence-electron chi connectivity index (χ3n) is 5.38. The Labute approximate surface area is 198 Å². The number of carbonyl (C=O) groups excluding carboxylic acids is 2. The maximum absolute atomic E-state index is 12.7. The van der Waals surface area contributed by atoms with Crippen LogP contribution in [0, 0.1) is 0 Å². The molecule has 0 fully saturated rings. The SMILES string of the molecule is CCOC(=O)c1ccc2nc(-c3ccccc3)cc(OCC(=O)Nc3ccccc3CC)c2c1. The maximum Gasteiger partial charge on any atom is 0.338 e. The van der Waals surface area contributed by atoms with E-state index in [1.807, 2.05) is 61.5 Å². The number of nitrogens with zero attached hydrogens (tertiary/aromatic N) is 1. The van der Waals surface area contributed by atoms with Crippen molar-refractivity contribution in [3.63, 3.8) is 0 Å². The van der Waals surface area contributed by atoms with E-state index in [1.54, 1.807) is 31.2 Å². The van der Waals surface area contributed by atoms with Gasteiger partial charge >= 0.3 is 5.97 Å². The first kappa shape index (κ1) is 23.0. The Morgan fingerprint density at radius 2 is 1.68 bits per heavy atom. The molecule has 1 N–H and O–H groups in total. The van der Waals surface area contributed by atoms with Crippen LogP contribution in [0.1, 0.15) is 29.8 Å². The van der Waals surface area contributed by atoms with Crippen LogP contribution in [0.5, 0.6) is 5.75 Å². The van der Waals surface area contributed by atoms with E-state index in [2.05, 4.69) is 5.32 Å². The summed E-state index contributed by atoms with van der Waals surface area (Å²) in [5, 5.41) is 3.55. The Kier molecular flexibility index (Phi) is 7.18. The van der Waals surface area contributed by atoms with Crippen molar-refractivity contribution in [3.05, 3.63) is 90.0 Å². The number of para-hydroxylation sites is 1. The molecular formula is C28H26N2O4. The molecule has 4 aromatic rings. The zero-order valence-corrected chi connectivity index (χ0v) is 19.2. The fraction of sp³-hybridized carbons (Fsp3) is 0.179. The minimum absolute atomic E-state index is 0.185. The average molecular weight is 455 g/mol. The van der Waals surface area contributed by atoms with Gasteiger partial charge in [0.15, 0.2) is 6.61 Å². The van der Waals surface area contributed by atoms with E-state index in [-0.39, 0.29) is 19.1 Å². The molecule has 34 heavy (non-hydrogen) atoms. The molecule has 172 valence electrons. The minimum atomic E-state index is -0.420. The lowest BCUT2D eigenvalue weighted by Crippen LogP contribution is -2.21. The molecule has 3 aromatic carbocycles. The van der Waals surface area contributed by atoms with Crippen LogP contribution in [-0.2, 0) is 16.0 Å². The number of hydrogen-bond donors (Lipinski definition) is 1. The number of rotatable bonds is 8. The van der Waals surface area contributed by atoms with E-state index in [1.165, 1.54) is 0 Å². The fourth-order valence-electron chi connectivity index (χ4n) is 3.69. The van der Waals surface area contributed by atoms with Crippen LogP contribution in [-0.4, -0.2) is 30.1 Å². The fourth-order valence-corrected chi connectivity index (χ4v) is 3.69. The monoisotopic (exact) mass is 454 g/mol. The number of hydrogen-bond acceptors (Lipinski definition) is 5. The van der Waals surface area contributed by atoms with Crippen LogP contribution in [0.2, 0.25) is 0 Å². The third kappa shape index (κ3) is 5.23. The van der Waals surface area contributed by atoms with Crippen molar-refractivity contribution >= 4 is 28.5 Å². The molecule has 1 heterocycles. The molecule has 0 unspecified atom stereocenters. The molecule has 0 saturated carbocycles. The van der Waals surface area contributed by atoms with Crippen molar-refractivity contribution < 1.29 is 19.1 Å². The zero-order chi connectivity index (χ0) is 23.9. The second-order valence-corrected chi connectivity index (χ2v) is 7.67. The summed E-state index contributed by atoms with van der Waals surface area (Å²) in [5.74, 6) is -0.223. The first-order valence-corrected chi connectivity index (χ1v) is 11.3. The quantitative estimate of drug-likeness (QED) is 0.348. The van der Waals surface area contributed by atoms with Crippen LogP contribution >= 0.6 is 0 Å². The Morgan fingerprint density at radius 1 is 0.912 bits per heavy atom. The van der Waals surface area contributed by atoms with Gasteiger partial charge in [-0.1, -0.05) is 55.5 Å². The van der Waals surface area contributed by atoms with Crippen LogP contribution < -0.4 is 10.1 Å². The number of pyridine rings is 1. The van der Waals surface area contributed by atoms with Crippen molar-refractivity contribution in [1.82, 2.24) is 4.98 Å². The number of anilines is 1. The van der Waals surface area contributed by atoms with Crippen LogP contribution in [0.25, 0.3) is 22.2 Å². The summed E-state index contributed by atoms with van der Waals surface area (Å²) in [4.78, 5) is 29.7. The maximum atomic E-state index is 12.7. The van der Waals surface area contributed by atoms with Crippen LogP contribution in [0.15, 0.2) is 78.9 Å². The highest BCUT2D eigenvalue weighted by atomic mass is 16.5. The molecule has 1 amide bonds. The van der Waals surface area contributed by atoms with Gasteiger partial charge in [-0.15, -0.1) is 0 Å². The second kappa shape index (κ2) is 10.6. The van der Waals surface area contributed by atoms with Crippen molar-refractivity contribution in [3.8, 4) is 17.0 Å². The van der Waals surface area contributed by atoms with E-state index in [0.29, 0.717) is 27.9 Å². The molecule has 0 radical (unpaired) electrons. The summed E-state index contributed by atoms with van der Waals surface area (Å²) in [6, 6.07) is 24.3. The standard InChI is InChI=1S/C28H26N2O4/c1-3-19-10-8-9-13-23(19)30-27(31)18-34-26-17-25(20-11-6-5-7-12-20)29-24-15-14-21(16-22(24)26)28(32)33-4-2/h5-17H,3-4,18H2,1-2H3,(H,30,31). The lowest BCUT2D eigenvalue weighted by atomic mass is 10.1. The number of esters is 1. The topological polar surface area (TPSA) is 77.5 Å². The molecule has 0 aliphatic carbocycles. The van der Waals surface area contributed by atoms with Gasteiger partial charge in [0.1, 0.15) is 5.75 Å². The number of benzene rings is 3. The Balaban J connectivity index is 1.65. The first-order chi connectivity index (χ1) is 16.6. The molecule has 1 aromatic heterocycles. The lowest BCUT2D eigenvalue weighted by molar-refractivity contribution is -0.118. The number of nitrogens with one attached hydrogen (secondary N) is 1. The second-order valence-electron chi connectivity index (χ2n) is 7.67. The van der Waals surface area contributed by atoms with Crippen molar-refractivity contribution in [2.75, 3.05) is 18.5 Å². The van der Waals surface area contributed by atoms with E-state index in [9.17, 15) is 9.59 Å². The van der Waals surface area contributed by atoms with Gasteiger partial charge in [0.25, 0.3) is 5.91 Å². The number of carbonyl (C=O) groups is 2. The molecule has 0 aliphatic heterocycles. The Hall–Kier alpha value is -4.19. The molecule has 0 aliphatic rings. The Morgan fingerprint density at radius 3 is 2.44 bits per heavy atom. The number of aryl methyl sites for hydroxylation is 1. The van der Waals surface area contributed by atoms with Gasteiger partial charge in [-0.3, -0.25) is 4.79 Å². The van der Waals surface area contributed by atoms with Gasteiger partial charge in [0.05, 0.1) is 23.4 Å². The highest BCUT2D eigenvalue weighted by Crippen LogP contribution is 2.31. The summed E-state index contributed by atoms with van der Waals surface area (Å²) >= 11 is 0. The predicted molar refractivity (Wildman–Crippen MR) is 133 cm³/mol. The van der Waals surface area contributed by atoms with Gasteiger partial charge in [0.2, 0.25) is 0 Å². The number of ether oxygens (including phenoxy) is 2. The summed E-state index contributed by atoms with van der Waals surface area (Å²) in [6.07, 6.45) is 0.809. The van der Waals surface area contributed by atoms with E-state index >= 15 is 0 Å². The van der Waals surface area contributed by atoms with Crippen LogP contribution in [0.3, 0.4) is 0 Å². The largest absolute Gasteiger partial charge is 0.483 e. The molecular weight excluding hydrogens is 428 g/mol. The summed E-state index contributed by atoms with van der Waals surface area (Å²) in [6.45, 7) is 3.90. The van der Waals surface area contributed by atoms with Crippen molar-refractivity contribution in [2.45, 2.75) is 20.3 Å². The Bertz CT molecular complexity index is 1320. The van der Waals surface area contributed by atoms with Gasteiger partial charge in [-0.25, -0.2) is 9.78 Å². The molecule has 4 rings (SSSR count). The predicted octanol–water partition coefficient (Wildman–Crippen LogP) is 5.66. The molecule has 6 nitrogen and oxygen atoms in total. The molecule has 0 spiro atoms. The molecule has 0 atom stereocenters. The van der Waals surface area contributed by atoms with Crippen molar-refractivity contribution in [1.29, 1.82) is 0 Å². The number of fused-ring (bicyclic) bond motifs is 1. The zero-order valence-electron chi connectivity index (χ0n) is 19.2. The van der Waals surface area contributed by atoms with Gasteiger partial charge in [-0.2, -0.15) is 0 Å². The van der Waals surface area contributed by atoms with E-state index in [4.69, 9.17) is 14.5 Å². The molecule has 0 bridgehead atoms. The average Bonchev–Trinajstić information content (AvgIpc) is 2.87.